The summed E-state index contributed by atoms with van der Waals surface area (Å²) in [6.07, 6.45) is 2.28. The molecule has 0 spiro atoms. The fraction of sp³-hybridized carbons (Fsp3) is 0.500. The van der Waals surface area contributed by atoms with Crippen molar-refractivity contribution in [2.24, 2.45) is 0 Å². The lowest BCUT2D eigenvalue weighted by atomic mass is 10.2. The van der Waals surface area contributed by atoms with Crippen LogP contribution in [0.15, 0.2) is 16.5 Å². The molecule has 0 aliphatic heterocycles. The van der Waals surface area contributed by atoms with Crippen LogP contribution in [0.2, 0.25) is 0 Å². The maximum absolute atomic E-state index is 11.6. The number of carbonyl (C=O) groups is 2. The summed E-state index contributed by atoms with van der Waals surface area (Å²) >= 11 is 1.54. The normalized spacial score (nSPS) is 11.9. The third kappa shape index (κ3) is 5.69. The fourth-order valence-corrected chi connectivity index (χ4v) is 1.92. The monoisotopic (exact) mass is 286 g/mol. The highest BCUT2D eigenvalue weighted by Gasteiger charge is 2.19. The molecule has 0 radical (unpaired) electrons. The van der Waals surface area contributed by atoms with Crippen molar-refractivity contribution in [1.82, 2.24) is 10.6 Å². The first-order valence-electron chi connectivity index (χ1n) is 5.84. The van der Waals surface area contributed by atoms with Crippen molar-refractivity contribution < 1.29 is 19.1 Å². The molecular formula is C12H18N2O4S. The highest BCUT2D eigenvalue weighted by atomic mass is 32.2. The van der Waals surface area contributed by atoms with Gasteiger partial charge in [-0.2, -0.15) is 11.8 Å². The van der Waals surface area contributed by atoms with Gasteiger partial charge in [0.2, 0.25) is 0 Å². The Bertz CT molecular complexity index is 433. The standard InChI is InChI=1S/C12H18N2O4S/c1-8-3-4-9(18-8)7-13-12(17)14-10(11(15)16)5-6-19-2/h3-4,10H,5-7H2,1-2H3,(H,15,16)(H2,13,14,17)/t10-/m1/s1. The van der Waals surface area contributed by atoms with Crippen LogP contribution in [0.5, 0.6) is 0 Å². The van der Waals surface area contributed by atoms with Crippen LogP contribution in [-0.4, -0.2) is 35.2 Å². The first kappa shape index (κ1) is 15.4. The number of thioether (sulfide) groups is 1. The predicted octanol–water partition coefficient (Wildman–Crippen LogP) is 1.59. The molecule has 1 aromatic heterocycles. The van der Waals surface area contributed by atoms with Crippen molar-refractivity contribution >= 4 is 23.8 Å². The number of aliphatic carboxylic acids is 1. The van der Waals surface area contributed by atoms with Gasteiger partial charge in [-0.05, 0) is 37.5 Å². The van der Waals surface area contributed by atoms with E-state index in [1.807, 2.05) is 13.2 Å². The van der Waals surface area contributed by atoms with Gasteiger partial charge in [0.1, 0.15) is 17.6 Å². The number of rotatable bonds is 7. The first-order chi connectivity index (χ1) is 9.02. The van der Waals surface area contributed by atoms with E-state index in [0.29, 0.717) is 17.9 Å². The van der Waals surface area contributed by atoms with Crippen LogP contribution >= 0.6 is 11.8 Å². The van der Waals surface area contributed by atoms with Crippen molar-refractivity contribution in [3.8, 4) is 0 Å². The Balaban J connectivity index is 2.37. The molecule has 0 aliphatic carbocycles. The first-order valence-corrected chi connectivity index (χ1v) is 7.23. The molecule has 1 rings (SSSR count). The van der Waals surface area contributed by atoms with Gasteiger partial charge < -0.3 is 20.2 Å². The van der Waals surface area contributed by atoms with Crippen molar-refractivity contribution in [2.75, 3.05) is 12.0 Å². The molecule has 19 heavy (non-hydrogen) atoms. The average molecular weight is 286 g/mol. The molecule has 3 N–H and O–H groups in total. The molecule has 106 valence electrons. The van der Waals surface area contributed by atoms with Crippen LogP contribution in [-0.2, 0) is 11.3 Å². The summed E-state index contributed by atoms with van der Waals surface area (Å²) in [4.78, 5) is 22.5. The quantitative estimate of drug-likeness (QED) is 0.708. The van der Waals surface area contributed by atoms with E-state index in [4.69, 9.17) is 9.52 Å². The van der Waals surface area contributed by atoms with Gasteiger partial charge in [0, 0.05) is 0 Å². The molecule has 1 aromatic rings. The van der Waals surface area contributed by atoms with Gasteiger partial charge in [-0.15, -0.1) is 0 Å². The molecule has 0 aromatic carbocycles. The third-order valence-electron chi connectivity index (χ3n) is 2.43. The summed E-state index contributed by atoms with van der Waals surface area (Å²) < 4.78 is 5.29. The molecule has 1 heterocycles. The third-order valence-corrected chi connectivity index (χ3v) is 3.08. The number of carboxylic acid groups (broad SMARTS) is 1. The van der Waals surface area contributed by atoms with E-state index in [1.54, 1.807) is 12.1 Å². The van der Waals surface area contributed by atoms with E-state index in [1.165, 1.54) is 11.8 Å². The Morgan fingerprint density at radius 3 is 2.74 bits per heavy atom. The number of aryl methyl sites for hydroxylation is 1. The Morgan fingerprint density at radius 2 is 2.21 bits per heavy atom. The topological polar surface area (TPSA) is 91.6 Å². The summed E-state index contributed by atoms with van der Waals surface area (Å²) in [6.45, 7) is 2.04. The molecule has 0 saturated heterocycles. The van der Waals surface area contributed by atoms with Crippen LogP contribution in [0.25, 0.3) is 0 Å². The minimum atomic E-state index is -1.03. The number of hydrogen-bond acceptors (Lipinski definition) is 4. The molecule has 1 atom stereocenters. The highest BCUT2D eigenvalue weighted by Crippen LogP contribution is 2.05. The zero-order valence-corrected chi connectivity index (χ0v) is 11.8. The molecule has 0 aliphatic rings. The second-order valence-corrected chi connectivity index (χ2v) is 5.00. The molecule has 0 bridgehead atoms. The van der Waals surface area contributed by atoms with Crippen LogP contribution in [0, 0.1) is 6.92 Å². The van der Waals surface area contributed by atoms with E-state index < -0.39 is 18.0 Å². The van der Waals surface area contributed by atoms with Gasteiger partial charge in [0.05, 0.1) is 6.54 Å². The number of carboxylic acids is 1. The summed E-state index contributed by atoms with van der Waals surface area (Å²) in [5.41, 5.74) is 0. The second-order valence-electron chi connectivity index (χ2n) is 4.01. The van der Waals surface area contributed by atoms with Crippen LogP contribution < -0.4 is 10.6 Å². The van der Waals surface area contributed by atoms with Crippen molar-refractivity contribution in [1.29, 1.82) is 0 Å². The van der Waals surface area contributed by atoms with Crippen LogP contribution in [0.3, 0.4) is 0 Å². The van der Waals surface area contributed by atoms with Gasteiger partial charge >= 0.3 is 12.0 Å². The number of nitrogens with one attached hydrogen (secondary N) is 2. The maximum atomic E-state index is 11.6. The Morgan fingerprint density at radius 1 is 1.47 bits per heavy atom. The lowest BCUT2D eigenvalue weighted by molar-refractivity contribution is -0.139. The van der Waals surface area contributed by atoms with Gasteiger partial charge in [0.15, 0.2) is 0 Å². The Labute approximate surface area is 115 Å². The van der Waals surface area contributed by atoms with E-state index in [0.717, 1.165) is 5.76 Å². The minimum absolute atomic E-state index is 0.231. The summed E-state index contributed by atoms with van der Waals surface area (Å²) in [7, 11) is 0. The molecule has 0 saturated carbocycles. The lowest BCUT2D eigenvalue weighted by Gasteiger charge is -2.14. The molecule has 0 fully saturated rings. The second kappa shape index (κ2) is 7.73. The van der Waals surface area contributed by atoms with Crippen LogP contribution in [0.1, 0.15) is 17.9 Å². The predicted molar refractivity (Wildman–Crippen MR) is 73.2 cm³/mol. The fourth-order valence-electron chi connectivity index (χ4n) is 1.45. The Kier molecular flexibility index (Phi) is 6.27. The van der Waals surface area contributed by atoms with Gasteiger partial charge in [-0.3, -0.25) is 0 Å². The van der Waals surface area contributed by atoms with E-state index in [9.17, 15) is 9.59 Å². The van der Waals surface area contributed by atoms with Crippen molar-refractivity contribution in [2.45, 2.75) is 25.9 Å². The largest absolute Gasteiger partial charge is 0.480 e. The zero-order valence-electron chi connectivity index (χ0n) is 10.9. The number of hydrogen-bond donors (Lipinski definition) is 3. The van der Waals surface area contributed by atoms with E-state index >= 15 is 0 Å². The van der Waals surface area contributed by atoms with Crippen molar-refractivity contribution in [3.63, 3.8) is 0 Å². The van der Waals surface area contributed by atoms with Gasteiger partial charge in [-0.25, -0.2) is 9.59 Å². The maximum Gasteiger partial charge on any atom is 0.326 e. The number of amides is 2. The van der Waals surface area contributed by atoms with E-state index in [-0.39, 0.29) is 6.54 Å². The number of furan rings is 1. The Hall–Kier alpha value is -1.63. The minimum Gasteiger partial charge on any atom is -0.480 e. The summed E-state index contributed by atoms with van der Waals surface area (Å²) in [5, 5.41) is 14.0. The van der Waals surface area contributed by atoms with Crippen molar-refractivity contribution in [3.05, 3.63) is 23.7 Å². The molecule has 0 unspecified atom stereocenters. The van der Waals surface area contributed by atoms with Gasteiger partial charge in [-0.1, -0.05) is 0 Å². The molecule has 6 nitrogen and oxygen atoms in total. The number of carbonyl (C=O) groups excluding carboxylic acids is 1. The molecular weight excluding hydrogens is 268 g/mol. The summed E-state index contributed by atoms with van der Waals surface area (Å²) in [6, 6.07) is 2.18. The lowest BCUT2D eigenvalue weighted by Crippen LogP contribution is -2.46. The van der Waals surface area contributed by atoms with Gasteiger partial charge in [0.25, 0.3) is 0 Å². The molecule has 7 heteroatoms. The average Bonchev–Trinajstić information content (AvgIpc) is 2.77. The zero-order chi connectivity index (χ0) is 14.3. The smallest absolute Gasteiger partial charge is 0.326 e. The SMILES string of the molecule is CSCC[C@@H](NC(=O)NCc1ccc(C)o1)C(=O)O. The molecule has 2 amide bonds. The van der Waals surface area contributed by atoms with Crippen LogP contribution in [0.4, 0.5) is 4.79 Å². The van der Waals surface area contributed by atoms with E-state index in [2.05, 4.69) is 10.6 Å². The highest BCUT2D eigenvalue weighted by molar-refractivity contribution is 7.98. The number of urea groups is 1. The summed E-state index contributed by atoms with van der Waals surface area (Å²) in [5.74, 6) is 1.04.